The fourth-order valence-electron chi connectivity index (χ4n) is 1.97. The van der Waals surface area contributed by atoms with E-state index < -0.39 is 5.91 Å². The maximum atomic E-state index is 12.1. The molecule has 2 heterocycles. The fourth-order valence-corrected chi connectivity index (χ4v) is 2.19. The molecule has 5 N–H and O–H groups in total. The van der Waals surface area contributed by atoms with E-state index in [9.17, 15) is 4.79 Å². The van der Waals surface area contributed by atoms with Gasteiger partial charge < -0.3 is 15.6 Å². The summed E-state index contributed by atoms with van der Waals surface area (Å²) in [7, 11) is 0. The lowest BCUT2D eigenvalue weighted by Crippen LogP contribution is -2.30. The normalized spacial score (nSPS) is 10.3. The summed E-state index contributed by atoms with van der Waals surface area (Å²) in [6.07, 6.45) is 1.29. The van der Waals surface area contributed by atoms with Gasteiger partial charge >= 0.3 is 0 Å². The topological polar surface area (TPSA) is 131 Å². The first-order chi connectivity index (χ1) is 12.0. The number of carbonyl (C=O) groups excluding carboxylic acids is 1. The highest BCUT2D eigenvalue weighted by Crippen LogP contribution is 2.25. The molecule has 0 aliphatic carbocycles. The molecular weight excluding hydrogens is 346 g/mol. The van der Waals surface area contributed by atoms with Gasteiger partial charge in [-0.25, -0.2) is 9.97 Å². The molecule has 10 heteroatoms. The molecule has 2 aromatic heterocycles. The summed E-state index contributed by atoms with van der Waals surface area (Å²) < 4.78 is 4.96. The van der Waals surface area contributed by atoms with Gasteiger partial charge in [0.15, 0.2) is 17.5 Å². The molecule has 25 heavy (non-hydrogen) atoms. The van der Waals surface area contributed by atoms with Crippen LogP contribution in [0.25, 0.3) is 0 Å². The Kier molecular flexibility index (Phi) is 4.66. The molecule has 3 aromatic rings. The number of anilines is 4. The van der Waals surface area contributed by atoms with Crippen LogP contribution >= 0.6 is 11.6 Å². The zero-order chi connectivity index (χ0) is 17.8. The first-order valence-corrected chi connectivity index (χ1v) is 7.54. The second-order valence-corrected chi connectivity index (χ2v) is 5.40. The monoisotopic (exact) mass is 359 g/mol. The molecule has 0 saturated heterocycles. The summed E-state index contributed by atoms with van der Waals surface area (Å²) in [5.41, 5.74) is 11.7. The number of nitrogens with two attached hydrogens (primary N) is 1. The Labute approximate surface area is 147 Å². The maximum absolute atomic E-state index is 12.1. The highest BCUT2D eigenvalue weighted by molar-refractivity contribution is 6.33. The van der Waals surface area contributed by atoms with Gasteiger partial charge in [0, 0.05) is 6.07 Å². The van der Waals surface area contributed by atoms with Crippen LogP contribution in [0.5, 0.6) is 0 Å². The highest BCUT2D eigenvalue weighted by Gasteiger charge is 2.13. The standard InChI is InChI=1S/C15H14ClN7O2/c1-8-6-11(23-25-8)20-13-12(17)14(19-7-18-13)21-22-15(24)9-4-2-3-5-10(9)16/h2-7H,17H2,1H3,(H,22,24)(H2,18,19,20,21,23). The van der Waals surface area contributed by atoms with Gasteiger partial charge in [0.1, 0.15) is 17.8 Å². The second-order valence-electron chi connectivity index (χ2n) is 4.99. The van der Waals surface area contributed by atoms with E-state index >= 15 is 0 Å². The van der Waals surface area contributed by atoms with Crippen molar-refractivity contribution in [3.63, 3.8) is 0 Å². The van der Waals surface area contributed by atoms with Crippen LogP contribution in [0.1, 0.15) is 16.1 Å². The smallest absolute Gasteiger partial charge is 0.271 e. The summed E-state index contributed by atoms with van der Waals surface area (Å²) in [6.45, 7) is 1.76. The first-order valence-electron chi connectivity index (χ1n) is 7.16. The van der Waals surface area contributed by atoms with Crippen LogP contribution in [0.2, 0.25) is 5.02 Å². The number of hydrazine groups is 1. The molecule has 1 amide bonds. The number of nitrogens with zero attached hydrogens (tertiary/aromatic N) is 3. The molecule has 0 spiro atoms. The van der Waals surface area contributed by atoms with Gasteiger partial charge in [0.2, 0.25) is 0 Å². The van der Waals surface area contributed by atoms with Gasteiger partial charge in [-0.15, -0.1) is 0 Å². The number of nitrogen functional groups attached to an aromatic ring is 1. The third kappa shape index (κ3) is 3.78. The predicted molar refractivity (Wildman–Crippen MR) is 93.5 cm³/mol. The van der Waals surface area contributed by atoms with E-state index in [0.717, 1.165) is 0 Å². The Morgan fingerprint density at radius 1 is 1.24 bits per heavy atom. The molecule has 0 atom stereocenters. The van der Waals surface area contributed by atoms with Crippen LogP contribution in [0.15, 0.2) is 41.2 Å². The zero-order valence-electron chi connectivity index (χ0n) is 13.1. The largest absolute Gasteiger partial charge is 0.393 e. The predicted octanol–water partition coefficient (Wildman–Crippen LogP) is 2.51. The summed E-state index contributed by atoms with van der Waals surface area (Å²) in [4.78, 5) is 20.2. The summed E-state index contributed by atoms with van der Waals surface area (Å²) in [5.74, 6) is 1.20. The summed E-state index contributed by atoms with van der Waals surface area (Å²) in [6, 6.07) is 8.36. The second kappa shape index (κ2) is 7.05. The minimum absolute atomic E-state index is 0.197. The third-order valence-corrected chi connectivity index (χ3v) is 3.50. The van der Waals surface area contributed by atoms with Crippen LogP contribution < -0.4 is 21.9 Å². The Hall–Kier alpha value is -3.33. The SMILES string of the molecule is Cc1cc(Nc2ncnc(NNC(=O)c3ccccc3Cl)c2N)no1. The Morgan fingerprint density at radius 2 is 2.00 bits per heavy atom. The molecule has 0 aliphatic rings. The molecule has 0 radical (unpaired) electrons. The number of amides is 1. The van der Waals surface area contributed by atoms with Crippen molar-refractivity contribution < 1.29 is 9.32 Å². The van der Waals surface area contributed by atoms with E-state index in [4.69, 9.17) is 21.9 Å². The minimum atomic E-state index is -0.426. The number of carbonyl (C=O) groups is 1. The minimum Gasteiger partial charge on any atom is -0.393 e. The molecule has 0 fully saturated rings. The lowest BCUT2D eigenvalue weighted by atomic mass is 10.2. The number of nitrogens with one attached hydrogen (secondary N) is 3. The summed E-state index contributed by atoms with van der Waals surface area (Å²) >= 11 is 5.98. The number of aryl methyl sites for hydroxylation is 1. The Morgan fingerprint density at radius 3 is 2.72 bits per heavy atom. The Bertz CT molecular complexity index is 912. The van der Waals surface area contributed by atoms with Crippen LogP contribution in [-0.4, -0.2) is 21.0 Å². The van der Waals surface area contributed by atoms with Crippen LogP contribution in [0, 0.1) is 6.92 Å². The number of benzene rings is 1. The van der Waals surface area contributed by atoms with Crippen LogP contribution in [0.3, 0.4) is 0 Å². The molecule has 3 rings (SSSR count). The number of halogens is 1. The molecule has 0 aliphatic heterocycles. The number of hydrogen-bond donors (Lipinski definition) is 4. The van der Waals surface area contributed by atoms with Crippen molar-refractivity contribution in [1.29, 1.82) is 0 Å². The van der Waals surface area contributed by atoms with Gasteiger partial charge in [-0.05, 0) is 19.1 Å². The fraction of sp³-hybridized carbons (Fsp3) is 0.0667. The van der Waals surface area contributed by atoms with E-state index in [2.05, 4.69) is 31.3 Å². The average Bonchev–Trinajstić information content (AvgIpc) is 3.01. The van der Waals surface area contributed by atoms with E-state index in [0.29, 0.717) is 28.0 Å². The molecule has 0 saturated carbocycles. The molecule has 128 valence electrons. The number of hydrogen-bond acceptors (Lipinski definition) is 8. The van der Waals surface area contributed by atoms with Gasteiger partial charge in [0.25, 0.3) is 5.91 Å². The molecule has 9 nitrogen and oxygen atoms in total. The van der Waals surface area contributed by atoms with E-state index in [1.807, 2.05) is 0 Å². The van der Waals surface area contributed by atoms with Crippen LogP contribution in [-0.2, 0) is 0 Å². The van der Waals surface area contributed by atoms with Crippen molar-refractivity contribution in [2.24, 2.45) is 0 Å². The van der Waals surface area contributed by atoms with Crippen molar-refractivity contribution in [3.8, 4) is 0 Å². The quantitative estimate of drug-likeness (QED) is 0.511. The maximum Gasteiger partial charge on any atom is 0.271 e. The first kappa shape index (κ1) is 16.5. The molecule has 1 aromatic carbocycles. The molecule has 0 unspecified atom stereocenters. The number of aromatic nitrogens is 3. The molecule has 0 bridgehead atoms. The molecular formula is C15H14ClN7O2. The van der Waals surface area contributed by atoms with Crippen molar-refractivity contribution >= 4 is 40.6 Å². The van der Waals surface area contributed by atoms with Crippen molar-refractivity contribution in [3.05, 3.63) is 53.0 Å². The van der Waals surface area contributed by atoms with E-state index in [-0.39, 0.29) is 11.5 Å². The highest BCUT2D eigenvalue weighted by atomic mass is 35.5. The lowest BCUT2D eigenvalue weighted by Gasteiger charge is -2.12. The van der Waals surface area contributed by atoms with Gasteiger partial charge in [-0.2, -0.15) is 0 Å². The van der Waals surface area contributed by atoms with Crippen molar-refractivity contribution in [2.45, 2.75) is 6.92 Å². The lowest BCUT2D eigenvalue weighted by molar-refractivity contribution is 0.0962. The van der Waals surface area contributed by atoms with Crippen molar-refractivity contribution in [1.82, 2.24) is 20.6 Å². The summed E-state index contributed by atoms with van der Waals surface area (Å²) in [5, 5.41) is 7.04. The third-order valence-electron chi connectivity index (χ3n) is 3.17. The van der Waals surface area contributed by atoms with Crippen LogP contribution in [0.4, 0.5) is 23.1 Å². The zero-order valence-corrected chi connectivity index (χ0v) is 13.8. The van der Waals surface area contributed by atoms with Gasteiger partial charge in [-0.3, -0.25) is 15.6 Å². The Balaban J connectivity index is 1.72. The van der Waals surface area contributed by atoms with E-state index in [1.165, 1.54) is 6.33 Å². The van der Waals surface area contributed by atoms with E-state index in [1.54, 1.807) is 37.3 Å². The van der Waals surface area contributed by atoms with Gasteiger partial charge in [-0.1, -0.05) is 28.9 Å². The number of rotatable bonds is 5. The average molecular weight is 360 g/mol. The van der Waals surface area contributed by atoms with Gasteiger partial charge in [0.05, 0.1) is 10.6 Å². The van der Waals surface area contributed by atoms with Crippen molar-refractivity contribution in [2.75, 3.05) is 16.5 Å².